The molecule has 9 heteroatoms. The summed E-state index contributed by atoms with van der Waals surface area (Å²) < 4.78 is 15.2. The van der Waals surface area contributed by atoms with Gasteiger partial charge in [-0.2, -0.15) is 0 Å². The molecule has 1 aromatic carbocycles. The van der Waals surface area contributed by atoms with Gasteiger partial charge in [0.2, 0.25) is 5.95 Å². The topological polar surface area (TPSA) is 75.9 Å². The number of aromatic nitrogens is 4. The van der Waals surface area contributed by atoms with Gasteiger partial charge in [-0.25, -0.2) is 19.3 Å². The van der Waals surface area contributed by atoms with Crippen molar-refractivity contribution in [3.05, 3.63) is 65.2 Å². The summed E-state index contributed by atoms with van der Waals surface area (Å²) in [6.45, 7) is 0. The fourth-order valence-corrected chi connectivity index (χ4v) is 5.73. The minimum atomic E-state index is -0.517. The molecule has 1 N–H and O–H groups in total. The fourth-order valence-electron chi connectivity index (χ4n) is 5.55. The zero-order chi connectivity index (χ0) is 23.1. The van der Waals surface area contributed by atoms with E-state index < -0.39 is 5.82 Å². The van der Waals surface area contributed by atoms with Crippen LogP contribution < -0.4 is 10.2 Å². The van der Waals surface area contributed by atoms with Crippen molar-refractivity contribution >= 4 is 29.1 Å². The van der Waals surface area contributed by atoms with E-state index in [0.717, 1.165) is 37.3 Å². The zero-order valence-corrected chi connectivity index (χ0v) is 19.3. The number of carbonyl (C=O) groups excluding carboxylic acids is 1. The Balaban J connectivity index is 1.28. The highest BCUT2D eigenvalue weighted by Gasteiger charge is 2.45. The van der Waals surface area contributed by atoms with Gasteiger partial charge in [0.15, 0.2) is 0 Å². The standard InChI is InChI=1S/C24H26ClFN6O/c1-31-13-29-21(22(31)23(33)30-17-4-5-20(26)19(25)12-17)16-8-14-10-18(11-15(14)9-16)32(2)24-27-6-3-7-28-24/h3-7,12-16,18H,8-11H2,1-2H3,(H,30,33). The summed E-state index contributed by atoms with van der Waals surface area (Å²) in [7, 11) is 3.89. The predicted molar refractivity (Wildman–Crippen MR) is 125 cm³/mol. The molecule has 1 amide bonds. The average Bonchev–Trinajstić information content (AvgIpc) is 3.49. The van der Waals surface area contributed by atoms with E-state index in [1.807, 2.05) is 13.1 Å². The number of halogens is 2. The Morgan fingerprint density at radius 3 is 2.52 bits per heavy atom. The minimum Gasteiger partial charge on any atom is -0.341 e. The molecule has 2 saturated carbocycles. The van der Waals surface area contributed by atoms with E-state index >= 15 is 0 Å². The molecule has 2 aliphatic rings. The third-order valence-corrected chi connectivity index (χ3v) is 7.44. The molecule has 0 saturated heterocycles. The summed E-state index contributed by atoms with van der Waals surface area (Å²) in [4.78, 5) is 28.7. The number of imidazole rings is 1. The number of fused-ring (bicyclic) bond motifs is 1. The third-order valence-electron chi connectivity index (χ3n) is 7.15. The summed E-state index contributed by atoms with van der Waals surface area (Å²) in [5, 5.41) is 2.81. The van der Waals surface area contributed by atoms with E-state index in [1.54, 1.807) is 23.3 Å². The molecule has 172 valence electrons. The highest BCUT2D eigenvalue weighted by Crippen LogP contribution is 2.51. The van der Waals surface area contributed by atoms with E-state index in [9.17, 15) is 9.18 Å². The van der Waals surface area contributed by atoms with Crippen LogP contribution in [0.5, 0.6) is 0 Å². The molecular weight excluding hydrogens is 443 g/mol. The van der Waals surface area contributed by atoms with Crippen LogP contribution in [0.15, 0.2) is 43.0 Å². The summed E-state index contributed by atoms with van der Waals surface area (Å²) in [5.74, 6) is 1.43. The molecule has 0 aliphatic heterocycles. The Kier molecular flexibility index (Phi) is 5.78. The normalized spacial score (nSPS) is 24.0. The number of carbonyl (C=O) groups is 1. The van der Waals surface area contributed by atoms with Gasteiger partial charge in [-0.15, -0.1) is 0 Å². The molecule has 0 bridgehead atoms. The van der Waals surface area contributed by atoms with Crippen LogP contribution in [-0.2, 0) is 7.05 Å². The molecule has 0 spiro atoms. The molecule has 2 aliphatic carbocycles. The van der Waals surface area contributed by atoms with Crippen LogP contribution in [0.1, 0.15) is 47.8 Å². The van der Waals surface area contributed by atoms with Gasteiger partial charge in [-0.3, -0.25) is 4.79 Å². The van der Waals surface area contributed by atoms with Crippen LogP contribution in [0.25, 0.3) is 0 Å². The second-order valence-electron chi connectivity index (χ2n) is 9.15. The Bertz CT molecular complexity index is 1160. The SMILES string of the molecule is CN(c1ncccn1)C1CC2CC(c3ncn(C)c3C(=O)Nc3ccc(F)c(Cl)c3)CC2C1. The van der Waals surface area contributed by atoms with E-state index in [1.165, 1.54) is 18.2 Å². The largest absolute Gasteiger partial charge is 0.341 e. The summed E-state index contributed by atoms with van der Waals surface area (Å²) in [5.41, 5.74) is 1.84. The molecule has 7 nitrogen and oxygen atoms in total. The summed E-state index contributed by atoms with van der Waals surface area (Å²) >= 11 is 5.86. The third kappa shape index (κ3) is 4.19. The predicted octanol–water partition coefficient (Wildman–Crippen LogP) is 4.66. The number of nitrogens with one attached hydrogen (secondary N) is 1. The van der Waals surface area contributed by atoms with Crippen molar-refractivity contribution in [1.29, 1.82) is 0 Å². The van der Waals surface area contributed by atoms with Crippen molar-refractivity contribution in [2.45, 2.75) is 37.6 Å². The van der Waals surface area contributed by atoms with Gasteiger partial charge >= 0.3 is 0 Å². The lowest BCUT2D eigenvalue weighted by Crippen LogP contribution is -2.31. The Morgan fingerprint density at radius 2 is 1.85 bits per heavy atom. The van der Waals surface area contributed by atoms with Crippen molar-refractivity contribution in [3.63, 3.8) is 0 Å². The second-order valence-corrected chi connectivity index (χ2v) is 9.55. The first kappa shape index (κ1) is 21.8. The van der Waals surface area contributed by atoms with Crippen LogP contribution in [0, 0.1) is 17.7 Å². The number of benzene rings is 1. The van der Waals surface area contributed by atoms with Crippen molar-refractivity contribution in [1.82, 2.24) is 19.5 Å². The Morgan fingerprint density at radius 1 is 1.15 bits per heavy atom. The van der Waals surface area contributed by atoms with Gasteiger partial charge in [0.25, 0.3) is 5.91 Å². The Labute approximate surface area is 197 Å². The maximum absolute atomic E-state index is 13.5. The average molecular weight is 469 g/mol. The number of rotatable bonds is 5. The molecule has 2 atom stereocenters. The van der Waals surface area contributed by atoms with Gasteiger partial charge < -0.3 is 14.8 Å². The van der Waals surface area contributed by atoms with Gasteiger partial charge in [-0.1, -0.05) is 11.6 Å². The Hall–Kier alpha value is -3.00. The fraction of sp³-hybridized carbons (Fsp3) is 0.417. The van der Waals surface area contributed by atoms with Crippen LogP contribution in [-0.4, -0.2) is 38.5 Å². The quantitative estimate of drug-likeness (QED) is 0.589. The zero-order valence-electron chi connectivity index (χ0n) is 18.6. The lowest BCUT2D eigenvalue weighted by molar-refractivity contribution is 0.101. The number of amides is 1. The van der Waals surface area contributed by atoms with Gasteiger partial charge in [0.05, 0.1) is 17.0 Å². The number of hydrogen-bond acceptors (Lipinski definition) is 5. The van der Waals surface area contributed by atoms with Crippen LogP contribution >= 0.6 is 11.6 Å². The lowest BCUT2D eigenvalue weighted by Gasteiger charge is -2.25. The smallest absolute Gasteiger partial charge is 0.274 e. The van der Waals surface area contributed by atoms with E-state index in [2.05, 4.69) is 32.2 Å². The molecular formula is C24H26ClFN6O. The molecule has 2 aromatic heterocycles. The second kappa shape index (κ2) is 8.74. The maximum atomic E-state index is 13.5. The van der Waals surface area contributed by atoms with E-state index in [4.69, 9.17) is 11.6 Å². The van der Waals surface area contributed by atoms with Crippen LogP contribution in [0.4, 0.5) is 16.0 Å². The monoisotopic (exact) mass is 468 g/mol. The highest BCUT2D eigenvalue weighted by molar-refractivity contribution is 6.31. The number of nitrogens with zero attached hydrogens (tertiary/aromatic N) is 5. The molecule has 5 rings (SSSR count). The summed E-state index contributed by atoms with van der Waals surface area (Å²) in [6.07, 6.45) is 9.47. The molecule has 33 heavy (non-hydrogen) atoms. The first-order valence-electron chi connectivity index (χ1n) is 11.2. The molecule has 3 aromatic rings. The van der Waals surface area contributed by atoms with Crippen LogP contribution in [0.3, 0.4) is 0 Å². The number of aryl methyl sites for hydroxylation is 1. The van der Waals surface area contributed by atoms with Crippen LogP contribution in [0.2, 0.25) is 5.02 Å². The van der Waals surface area contributed by atoms with Gasteiger partial charge in [-0.05, 0) is 61.8 Å². The molecule has 2 heterocycles. The number of anilines is 2. The molecule has 0 radical (unpaired) electrons. The van der Waals surface area contributed by atoms with Crippen molar-refractivity contribution in [2.24, 2.45) is 18.9 Å². The highest BCUT2D eigenvalue weighted by atomic mass is 35.5. The van der Waals surface area contributed by atoms with Crippen molar-refractivity contribution in [3.8, 4) is 0 Å². The van der Waals surface area contributed by atoms with Gasteiger partial charge in [0, 0.05) is 44.1 Å². The van der Waals surface area contributed by atoms with E-state index in [0.29, 0.717) is 29.3 Å². The van der Waals surface area contributed by atoms with Crippen molar-refractivity contribution < 1.29 is 9.18 Å². The maximum Gasteiger partial charge on any atom is 0.274 e. The van der Waals surface area contributed by atoms with Gasteiger partial charge in [0.1, 0.15) is 11.5 Å². The van der Waals surface area contributed by atoms with Crippen molar-refractivity contribution in [2.75, 3.05) is 17.3 Å². The minimum absolute atomic E-state index is 0.0259. The first-order chi connectivity index (χ1) is 15.9. The first-order valence-corrected chi connectivity index (χ1v) is 11.6. The van der Waals surface area contributed by atoms with E-state index in [-0.39, 0.29) is 16.8 Å². The lowest BCUT2D eigenvalue weighted by atomic mass is 9.96. The number of hydrogen-bond donors (Lipinski definition) is 1. The molecule has 2 unspecified atom stereocenters. The molecule has 2 fully saturated rings. The summed E-state index contributed by atoms with van der Waals surface area (Å²) in [6, 6.07) is 6.42.